The van der Waals surface area contributed by atoms with E-state index in [1.54, 1.807) is 0 Å². The van der Waals surface area contributed by atoms with E-state index in [1.165, 1.54) is 16.7 Å². The van der Waals surface area contributed by atoms with Gasteiger partial charge in [0.15, 0.2) is 0 Å². The molecule has 1 aromatic carbocycles. The Morgan fingerprint density at radius 1 is 1.00 bits per heavy atom. The first-order chi connectivity index (χ1) is 9.28. The predicted molar refractivity (Wildman–Crippen MR) is 92.7 cm³/mol. The third-order valence-corrected chi connectivity index (χ3v) is 5.99. The lowest BCUT2D eigenvalue weighted by atomic mass is 9.62. The molecule has 0 radical (unpaired) electrons. The highest BCUT2D eigenvalue weighted by atomic mass is 127. The van der Waals surface area contributed by atoms with Crippen molar-refractivity contribution in [3.63, 3.8) is 0 Å². The molecular formula is C17H17ClIN. The van der Waals surface area contributed by atoms with E-state index in [0.29, 0.717) is 0 Å². The molecule has 3 heteroatoms. The number of rotatable bonds is 0. The van der Waals surface area contributed by atoms with Gasteiger partial charge < -0.3 is 0 Å². The maximum Gasteiger partial charge on any atom is 0.0614 e. The van der Waals surface area contributed by atoms with Gasteiger partial charge in [0, 0.05) is 22.6 Å². The molecule has 1 aliphatic carbocycles. The first kappa shape index (κ1) is 14.3. The molecule has 0 fully saturated rings. The predicted octanol–water partition coefficient (Wildman–Crippen LogP) is 5.30. The molecule has 0 aliphatic heterocycles. The van der Waals surface area contributed by atoms with Crippen LogP contribution in [-0.4, -0.2) is 4.98 Å². The van der Waals surface area contributed by atoms with Gasteiger partial charge in [0.05, 0.1) is 14.3 Å². The molecule has 0 saturated heterocycles. The summed E-state index contributed by atoms with van der Waals surface area (Å²) in [7, 11) is 0. The highest BCUT2D eigenvalue weighted by Gasteiger charge is 2.44. The number of aromatic nitrogens is 1. The molecule has 2 aromatic rings. The average Bonchev–Trinajstić information content (AvgIpc) is 2.40. The van der Waals surface area contributed by atoms with Crippen molar-refractivity contribution in [1.82, 2.24) is 4.98 Å². The number of hydrogen-bond acceptors (Lipinski definition) is 1. The number of halogens is 2. The molecule has 0 N–H and O–H groups in total. The number of fused-ring (bicyclic) bond motifs is 2. The van der Waals surface area contributed by atoms with E-state index in [2.05, 4.69) is 74.6 Å². The van der Waals surface area contributed by atoms with E-state index in [4.69, 9.17) is 16.6 Å². The molecular weight excluding hydrogens is 381 g/mol. The molecule has 0 amide bonds. The number of benzene rings is 1. The maximum absolute atomic E-state index is 6.64. The average molecular weight is 398 g/mol. The molecule has 0 unspecified atom stereocenters. The standard InChI is InChI=1S/C17H17ClIN/c1-16(2)10-7-5-6-8-11(10)17(3,4)15-13(16)14(18)12(19)9-20-15/h5-9H,1-4H3. The third-order valence-electron chi connectivity index (χ3n) is 4.46. The summed E-state index contributed by atoms with van der Waals surface area (Å²) in [5, 5.41) is 0.850. The van der Waals surface area contributed by atoms with Crippen LogP contribution in [0.5, 0.6) is 0 Å². The fraction of sp³-hybridized carbons (Fsp3) is 0.353. The Balaban J connectivity index is 2.46. The zero-order chi connectivity index (χ0) is 14.7. The SMILES string of the molecule is CC1(C)c2ccccc2C(C)(C)c2c1ncc(I)c2Cl. The van der Waals surface area contributed by atoms with Crippen LogP contribution in [0.15, 0.2) is 30.5 Å². The highest BCUT2D eigenvalue weighted by Crippen LogP contribution is 2.51. The molecule has 20 heavy (non-hydrogen) atoms. The van der Waals surface area contributed by atoms with E-state index in [-0.39, 0.29) is 10.8 Å². The molecule has 3 rings (SSSR count). The van der Waals surface area contributed by atoms with Crippen LogP contribution in [0.1, 0.15) is 50.1 Å². The Hall–Kier alpha value is -0.610. The Kier molecular flexibility index (Phi) is 3.18. The molecule has 0 bridgehead atoms. The van der Waals surface area contributed by atoms with Crippen LogP contribution in [0.4, 0.5) is 0 Å². The zero-order valence-corrected chi connectivity index (χ0v) is 15.0. The van der Waals surface area contributed by atoms with Crippen molar-refractivity contribution in [3.05, 3.63) is 61.4 Å². The van der Waals surface area contributed by atoms with Gasteiger partial charge in [-0.2, -0.15) is 0 Å². The monoisotopic (exact) mass is 397 g/mol. The van der Waals surface area contributed by atoms with Gasteiger partial charge in [-0.3, -0.25) is 4.98 Å². The normalized spacial score (nSPS) is 18.3. The lowest BCUT2D eigenvalue weighted by Crippen LogP contribution is -2.38. The Morgan fingerprint density at radius 2 is 1.55 bits per heavy atom. The molecule has 1 aliphatic rings. The molecule has 0 spiro atoms. The molecule has 1 aromatic heterocycles. The summed E-state index contributed by atoms with van der Waals surface area (Å²) >= 11 is 8.91. The van der Waals surface area contributed by atoms with Gasteiger partial charge in [0.25, 0.3) is 0 Å². The van der Waals surface area contributed by atoms with Crippen molar-refractivity contribution in [2.75, 3.05) is 0 Å². The van der Waals surface area contributed by atoms with E-state index < -0.39 is 0 Å². The fourth-order valence-corrected chi connectivity index (χ4v) is 4.13. The van der Waals surface area contributed by atoms with Crippen LogP contribution in [0.3, 0.4) is 0 Å². The summed E-state index contributed by atoms with van der Waals surface area (Å²) in [4.78, 5) is 4.73. The zero-order valence-electron chi connectivity index (χ0n) is 12.1. The van der Waals surface area contributed by atoms with Gasteiger partial charge in [-0.25, -0.2) is 0 Å². The third kappa shape index (κ3) is 1.77. The number of nitrogens with zero attached hydrogens (tertiary/aromatic N) is 1. The quantitative estimate of drug-likeness (QED) is 0.549. The van der Waals surface area contributed by atoms with Crippen molar-refractivity contribution in [3.8, 4) is 0 Å². The summed E-state index contributed by atoms with van der Waals surface area (Å²) in [6, 6.07) is 8.65. The van der Waals surface area contributed by atoms with Gasteiger partial charge in [-0.05, 0) is 33.7 Å². The van der Waals surface area contributed by atoms with E-state index in [1.807, 2.05) is 6.20 Å². The topological polar surface area (TPSA) is 12.9 Å². The number of hydrogen-bond donors (Lipinski definition) is 0. The molecule has 1 heterocycles. The largest absolute Gasteiger partial charge is 0.259 e. The van der Waals surface area contributed by atoms with Gasteiger partial charge in [0.2, 0.25) is 0 Å². The van der Waals surface area contributed by atoms with Gasteiger partial charge >= 0.3 is 0 Å². The van der Waals surface area contributed by atoms with E-state index >= 15 is 0 Å². The smallest absolute Gasteiger partial charge is 0.0614 e. The summed E-state index contributed by atoms with van der Waals surface area (Å²) in [5.41, 5.74) is 4.74. The van der Waals surface area contributed by atoms with E-state index in [0.717, 1.165) is 14.3 Å². The van der Waals surface area contributed by atoms with Crippen molar-refractivity contribution >= 4 is 34.2 Å². The second-order valence-corrected chi connectivity index (χ2v) is 7.98. The lowest BCUT2D eigenvalue weighted by Gasteiger charge is -2.43. The summed E-state index contributed by atoms with van der Waals surface area (Å²) < 4.78 is 1.02. The van der Waals surface area contributed by atoms with Crippen LogP contribution in [0, 0.1) is 3.57 Å². The first-order valence-electron chi connectivity index (χ1n) is 6.73. The highest BCUT2D eigenvalue weighted by molar-refractivity contribution is 14.1. The van der Waals surface area contributed by atoms with Gasteiger partial charge in [0.1, 0.15) is 0 Å². The second kappa shape index (κ2) is 4.44. The maximum atomic E-state index is 6.64. The summed E-state index contributed by atoms with van der Waals surface area (Å²) in [6.07, 6.45) is 1.88. The van der Waals surface area contributed by atoms with Crippen molar-refractivity contribution < 1.29 is 0 Å². The minimum atomic E-state index is -0.118. The molecule has 0 saturated carbocycles. The van der Waals surface area contributed by atoms with Crippen LogP contribution in [0.2, 0.25) is 5.02 Å². The van der Waals surface area contributed by atoms with Crippen LogP contribution >= 0.6 is 34.2 Å². The van der Waals surface area contributed by atoms with Gasteiger partial charge in [-0.1, -0.05) is 63.6 Å². The Labute approximate surface area is 138 Å². The Bertz CT molecular complexity index is 704. The van der Waals surface area contributed by atoms with Crippen LogP contribution < -0.4 is 0 Å². The first-order valence-corrected chi connectivity index (χ1v) is 8.18. The second-order valence-electron chi connectivity index (χ2n) is 6.44. The van der Waals surface area contributed by atoms with Crippen molar-refractivity contribution in [1.29, 1.82) is 0 Å². The van der Waals surface area contributed by atoms with Crippen molar-refractivity contribution in [2.24, 2.45) is 0 Å². The van der Waals surface area contributed by atoms with Crippen LogP contribution in [-0.2, 0) is 10.8 Å². The number of pyridine rings is 1. The molecule has 104 valence electrons. The molecule has 0 atom stereocenters. The summed E-state index contributed by atoms with van der Waals surface area (Å²) in [5.74, 6) is 0. The van der Waals surface area contributed by atoms with Crippen LogP contribution in [0.25, 0.3) is 0 Å². The lowest BCUT2D eigenvalue weighted by molar-refractivity contribution is 0.505. The fourth-order valence-electron chi connectivity index (χ4n) is 3.35. The minimum Gasteiger partial charge on any atom is -0.259 e. The van der Waals surface area contributed by atoms with Gasteiger partial charge in [-0.15, -0.1) is 0 Å². The molecule has 1 nitrogen and oxygen atoms in total. The Morgan fingerprint density at radius 3 is 2.15 bits per heavy atom. The van der Waals surface area contributed by atoms with Crippen molar-refractivity contribution in [2.45, 2.75) is 38.5 Å². The minimum absolute atomic E-state index is 0.116. The van der Waals surface area contributed by atoms with E-state index in [9.17, 15) is 0 Å². The summed E-state index contributed by atoms with van der Waals surface area (Å²) in [6.45, 7) is 8.94.